The number of amides is 1. The van der Waals surface area contributed by atoms with Gasteiger partial charge in [0.05, 0.1) is 15.7 Å². The summed E-state index contributed by atoms with van der Waals surface area (Å²) in [6.45, 7) is 3.57. The molecule has 11 heteroatoms. The van der Waals surface area contributed by atoms with E-state index < -0.39 is 15.9 Å². The van der Waals surface area contributed by atoms with E-state index >= 15 is 0 Å². The van der Waals surface area contributed by atoms with Crippen molar-refractivity contribution in [2.24, 2.45) is 0 Å². The summed E-state index contributed by atoms with van der Waals surface area (Å²) in [6, 6.07) is 9.07. The maximum absolute atomic E-state index is 12.5. The molecule has 154 valence electrons. The summed E-state index contributed by atoms with van der Waals surface area (Å²) in [5, 5.41) is 10.2. The molecule has 1 aromatic carbocycles. The fourth-order valence-corrected chi connectivity index (χ4v) is 4.81. The number of nitrogens with one attached hydrogen (secondary N) is 1. The molecule has 0 aliphatic heterocycles. The molecule has 2 aromatic heterocycles. The predicted octanol–water partition coefficient (Wildman–Crippen LogP) is 3.66. The summed E-state index contributed by atoms with van der Waals surface area (Å²) in [7, 11) is -2.10. The molecule has 0 aliphatic rings. The average molecular weight is 455 g/mol. The number of aromatic nitrogens is 2. The van der Waals surface area contributed by atoms with Crippen LogP contribution in [0.15, 0.2) is 45.7 Å². The molecule has 1 N–H and O–H groups in total. The molecule has 0 spiro atoms. The number of sulfonamides is 1. The van der Waals surface area contributed by atoms with E-state index in [-0.39, 0.29) is 22.5 Å². The van der Waals surface area contributed by atoms with Crippen LogP contribution in [0.1, 0.15) is 35.0 Å². The van der Waals surface area contributed by atoms with E-state index in [1.807, 2.05) is 6.07 Å². The van der Waals surface area contributed by atoms with Gasteiger partial charge in [-0.1, -0.05) is 16.7 Å². The average Bonchev–Trinajstić information content (AvgIpc) is 3.29. The summed E-state index contributed by atoms with van der Waals surface area (Å²) in [5.74, 6) is -0.141. The highest BCUT2D eigenvalue weighted by molar-refractivity contribution is 7.89. The van der Waals surface area contributed by atoms with Crippen molar-refractivity contribution in [3.63, 3.8) is 0 Å². The molecule has 3 rings (SSSR count). The Kier molecular flexibility index (Phi) is 6.37. The van der Waals surface area contributed by atoms with Gasteiger partial charge in [-0.25, -0.2) is 8.42 Å². The van der Waals surface area contributed by atoms with Crippen molar-refractivity contribution in [1.82, 2.24) is 14.5 Å². The number of halogens is 1. The van der Waals surface area contributed by atoms with Crippen molar-refractivity contribution in [3.8, 4) is 0 Å². The van der Waals surface area contributed by atoms with E-state index in [1.54, 1.807) is 19.9 Å². The largest absolute Gasteiger partial charge is 0.407 e. The molecule has 0 saturated carbocycles. The van der Waals surface area contributed by atoms with Crippen LogP contribution in [-0.2, 0) is 16.4 Å². The first-order valence-corrected chi connectivity index (χ1v) is 11.3. The van der Waals surface area contributed by atoms with E-state index in [0.717, 1.165) is 4.88 Å². The monoisotopic (exact) mass is 454 g/mol. The number of carbonyl (C=O) groups is 1. The summed E-state index contributed by atoms with van der Waals surface area (Å²) in [4.78, 5) is 13.4. The third-order valence-corrected chi connectivity index (χ3v) is 7.44. The van der Waals surface area contributed by atoms with Gasteiger partial charge in [0, 0.05) is 23.5 Å². The predicted molar refractivity (Wildman–Crippen MR) is 111 cm³/mol. The summed E-state index contributed by atoms with van der Waals surface area (Å²) in [5.41, 5.74) is 0.265. The van der Waals surface area contributed by atoms with Crippen molar-refractivity contribution >= 4 is 44.9 Å². The molecule has 0 bridgehead atoms. The highest BCUT2D eigenvalue weighted by atomic mass is 35.5. The van der Waals surface area contributed by atoms with Crippen LogP contribution in [-0.4, -0.2) is 41.9 Å². The van der Waals surface area contributed by atoms with Crippen LogP contribution in [0.3, 0.4) is 0 Å². The molecule has 0 atom stereocenters. The fraction of sp³-hybridized carbons (Fsp3) is 0.278. The number of rotatable bonds is 7. The second-order valence-electron chi connectivity index (χ2n) is 6.48. The van der Waals surface area contributed by atoms with Gasteiger partial charge in [0.25, 0.3) is 5.91 Å². The van der Waals surface area contributed by atoms with Gasteiger partial charge in [0.15, 0.2) is 0 Å². The van der Waals surface area contributed by atoms with Crippen molar-refractivity contribution in [2.45, 2.75) is 31.2 Å². The Morgan fingerprint density at radius 3 is 2.48 bits per heavy atom. The van der Waals surface area contributed by atoms with Crippen LogP contribution in [0.4, 0.5) is 6.01 Å². The first-order chi connectivity index (χ1) is 13.7. The lowest BCUT2D eigenvalue weighted by Crippen LogP contribution is -2.33. The van der Waals surface area contributed by atoms with E-state index in [4.69, 9.17) is 16.0 Å². The Labute approximate surface area is 177 Å². The van der Waals surface area contributed by atoms with E-state index in [0.29, 0.717) is 16.6 Å². The fourth-order valence-electron chi connectivity index (χ4n) is 2.36. The van der Waals surface area contributed by atoms with Crippen LogP contribution in [0.25, 0.3) is 0 Å². The second-order valence-corrected chi connectivity index (χ2v) is 10.3. The van der Waals surface area contributed by atoms with E-state index in [2.05, 4.69) is 15.5 Å². The number of benzene rings is 1. The van der Waals surface area contributed by atoms with Crippen molar-refractivity contribution in [2.75, 3.05) is 12.4 Å². The first-order valence-electron chi connectivity index (χ1n) is 8.63. The second kappa shape index (κ2) is 8.62. The molecule has 2 heterocycles. The molecule has 0 saturated heterocycles. The topological polar surface area (TPSA) is 105 Å². The molecular formula is C18H19ClN4O4S2. The van der Waals surface area contributed by atoms with Gasteiger partial charge < -0.3 is 4.42 Å². The minimum absolute atomic E-state index is 0.0381. The zero-order valence-corrected chi connectivity index (χ0v) is 18.3. The molecule has 3 aromatic rings. The van der Waals surface area contributed by atoms with E-state index in [9.17, 15) is 13.2 Å². The minimum Gasteiger partial charge on any atom is -0.407 e. The standard InChI is InChI=1S/C18H19ClN4O4S2/c1-11(2)23(3)29(25,26)14-7-4-12(5-8-14)17(24)20-18-22-21-16(27-18)10-13-6-9-15(19)28-13/h4-9,11H,10H2,1-3H3,(H,20,22,24). The lowest BCUT2D eigenvalue weighted by atomic mass is 10.2. The molecule has 0 unspecified atom stereocenters. The van der Waals surface area contributed by atoms with Gasteiger partial charge >= 0.3 is 6.01 Å². The van der Waals surface area contributed by atoms with Crippen LogP contribution >= 0.6 is 22.9 Å². The Morgan fingerprint density at radius 1 is 1.21 bits per heavy atom. The van der Waals surface area contributed by atoms with Gasteiger partial charge in [-0.15, -0.1) is 16.4 Å². The van der Waals surface area contributed by atoms with Crippen molar-refractivity contribution in [1.29, 1.82) is 0 Å². The smallest absolute Gasteiger partial charge is 0.322 e. The van der Waals surface area contributed by atoms with Gasteiger partial charge in [-0.3, -0.25) is 10.1 Å². The maximum Gasteiger partial charge on any atom is 0.322 e. The number of carbonyl (C=O) groups excluding carboxylic acids is 1. The molecule has 0 fully saturated rings. The Morgan fingerprint density at radius 2 is 1.90 bits per heavy atom. The minimum atomic E-state index is -3.61. The lowest BCUT2D eigenvalue weighted by molar-refractivity contribution is 0.102. The molecule has 1 amide bonds. The van der Waals surface area contributed by atoms with Crippen molar-refractivity contribution in [3.05, 3.63) is 57.1 Å². The molecular weight excluding hydrogens is 436 g/mol. The normalized spacial score (nSPS) is 11.9. The third kappa shape index (κ3) is 5.02. The Hall–Kier alpha value is -2.27. The quantitative estimate of drug-likeness (QED) is 0.584. The van der Waals surface area contributed by atoms with Crippen LogP contribution in [0, 0.1) is 0 Å². The number of hydrogen-bond donors (Lipinski definition) is 1. The van der Waals surface area contributed by atoms with Crippen LogP contribution < -0.4 is 5.32 Å². The van der Waals surface area contributed by atoms with Gasteiger partial charge in [-0.2, -0.15) is 4.31 Å². The summed E-state index contributed by atoms with van der Waals surface area (Å²) >= 11 is 7.30. The number of nitrogens with zero attached hydrogens (tertiary/aromatic N) is 3. The SMILES string of the molecule is CC(C)N(C)S(=O)(=O)c1ccc(C(=O)Nc2nnc(Cc3ccc(Cl)s3)o2)cc1. The zero-order valence-electron chi connectivity index (χ0n) is 15.9. The van der Waals surface area contributed by atoms with Crippen LogP contribution in [0.2, 0.25) is 4.34 Å². The Balaban J connectivity index is 1.67. The molecule has 0 aliphatic carbocycles. The number of thiophene rings is 1. The van der Waals surface area contributed by atoms with Gasteiger partial charge in [-0.05, 0) is 50.2 Å². The number of hydrogen-bond acceptors (Lipinski definition) is 7. The molecule has 0 radical (unpaired) electrons. The maximum atomic E-state index is 12.5. The highest BCUT2D eigenvalue weighted by Crippen LogP contribution is 2.24. The van der Waals surface area contributed by atoms with E-state index in [1.165, 1.54) is 47.0 Å². The lowest BCUT2D eigenvalue weighted by Gasteiger charge is -2.20. The van der Waals surface area contributed by atoms with Gasteiger partial charge in [0.2, 0.25) is 15.9 Å². The Bertz CT molecular complexity index is 1110. The summed E-state index contributed by atoms with van der Waals surface area (Å²) < 4.78 is 32.3. The molecule has 8 nitrogen and oxygen atoms in total. The summed E-state index contributed by atoms with van der Waals surface area (Å²) in [6.07, 6.45) is 0.413. The number of anilines is 1. The first kappa shape index (κ1) is 21.4. The third-order valence-electron chi connectivity index (χ3n) is 4.16. The molecule has 29 heavy (non-hydrogen) atoms. The highest BCUT2D eigenvalue weighted by Gasteiger charge is 2.23. The van der Waals surface area contributed by atoms with Gasteiger partial charge in [0.1, 0.15) is 0 Å². The zero-order chi connectivity index (χ0) is 21.2. The van der Waals surface area contributed by atoms with Crippen LogP contribution in [0.5, 0.6) is 0 Å². The van der Waals surface area contributed by atoms with Crippen molar-refractivity contribution < 1.29 is 17.6 Å².